The van der Waals surface area contributed by atoms with Crippen LogP contribution >= 0.6 is 0 Å². The first-order valence-electron chi connectivity index (χ1n) is 10.9. The summed E-state index contributed by atoms with van der Waals surface area (Å²) < 4.78 is 17.1. The van der Waals surface area contributed by atoms with Crippen LogP contribution in [0.15, 0.2) is 76.5 Å². The third-order valence-corrected chi connectivity index (χ3v) is 6.09. The van der Waals surface area contributed by atoms with Gasteiger partial charge in [-0.1, -0.05) is 47.5 Å². The highest BCUT2D eigenvalue weighted by molar-refractivity contribution is 5.97. The summed E-state index contributed by atoms with van der Waals surface area (Å²) >= 11 is 0. The number of carbonyl (C=O) groups excluding carboxylic acids is 1. The van der Waals surface area contributed by atoms with E-state index in [4.69, 9.17) is 19.6 Å². The number of fused-ring (bicyclic) bond motifs is 2. The van der Waals surface area contributed by atoms with Gasteiger partial charge in [0, 0.05) is 22.6 Å². The predicted octanol–water partition coefficient (Wildman–Crippen LogP) is 5.80. The van der Waals surface area contributed by atoms with Crippen LogP contribution < -0.4 is 15.2 Å². The molecule has 0 amide bonds. The summed E-state index contributed by atoms with van der Waals surface area (Å²) in [6.07, 6.45) is 0. The fourth-order valence-electron chi connectivity index (χ4n) is 4.28. The SMILES string of the molecule is Cc1ccc(C2C(C#N)=C(N)Oc3cc(OC(=O)c4oc5ccc(C)cc5c4C)ccc32)cc1. The lowest BCUT2D eigenvalue weighted by molar-refractivity contribution is 0.0702. The molecular weight excluding hydrogens is 428 g/mol. The van der Waals surface area contributed by atoms with Crippen LogP contribution in [-0.4, -0.2) is 5.97 Å². The predicted molar refractivity (Wildman–Crippen MR) is 128 cm³/mol. The average molecular weight is 450 g/mol. The smallest absolute Gasteiger partial charge is 0.379 e. The van der Waals surface area contributed by atoms with E-state index >= 15 is 0 Å². The Kier molecular flexibility index (Phi) is 5.10. The van der Waals surface area contributed by atoms with Gasteiger partial charge in [-0.25, -0.2) is 4.79 Å². The second-order valence-corrected chi connectivity index (χ2v) is 8.48. The van der Waals surface area contributed by atoms with E-state index in [0.29, 0.717) is 16.9 Å². The Morgan fingerprint density at radius 1 is 1.00 bits per heavy atom. The van der Waals surface area contributed by atoms with E-state index in [1.165, 1.54) is 0 Å². The summed E-state index contributed by atoms with van der Waals surface area (Å²) in [5.74, 6) is -0.0612. The lowest BCUT2D eigenvalue weighted by Crippen LogP contribution is -2.21. The highest BCUT2D eigenvalue weighted by Gasteiger charge is 2.31. The molecule has 0 bridgehead atoms. The van der Waals surface area contributed by atoms with Gasteiger partial charge in [-0.05, 0) is 44.5 Å². The number of nitrogens with zero attached hydrogens (tertiary/aromatic N) is 1. The zero-order valence-electron chi connectivity index (χ0n) is 19.0. The fraction of sp³-hybridized carbons (Fsp3) is 0.143. The third-order valence-electron chi connectivity index (χ3n) is 6.09. The van der Waals surface area contributed by atoms with Gasteiger partial charge in [0.25, 0.3) is 0 Å². The molecule has 5 rings (SSSR count). The van der Waals surface area contributed by atoms with Crippen LogP contribution in [0.25, 0.3) is 11.0 Å². The average Bonchev–Trinajstić information content (AvgIpc) is 3.14. The van der Waals surface area contributed by atoms with Crippen molar-refractivity contribution in [3.05, 3.63) is 106 Å². The quantitative estimate of drug-likeness (QED) is 0.313. The molecule has 1 unspecified atom stereocenters. The number of allylic oxidation sites excluding steroid dienone is 1. The summed E-state index contributed by atoms with van der Waals surface area (Å²) in [4.78, 5) is 12.9. The summed E-state index contributed by atoms with van der Waals surface area (Å²) in [6.45, 7) is 5.82. The van der Waals surface area contributed by atoms with E-state index in [0.717, 1.165) is 33.2 Å². The Morgan fingerprint density at radius 2 is 1.74 bits per heavy atom. The van der Waals surface area contributed by atoms with Crippen molar-refractivity contribution in [1.29, 1.82) is 5.26 Å². The Morgan fingerprint density at radius 3 is 2.47 bits per heavy atom. The Bertz CT molecular complexity index is 1520. The van der Waals surface area contributed by atoms with Gasteiger partial charge in [0.05, 0.1) is 5.92 Å². The first kappa shape index (κ1) is 21.4. The number of benzene rings is 3. The molecule has 6 heteroatoms. The Balaban J connectivity index is 1.49. The van der Waals surface area contributed by atoms with Crippen LogP contribution in [0.5, 0.6) is 11.5 Å². The van der Waals surface area contributed by atoms with Crippen LogP contribution in [0.2, 0.25) is 0 Å². The molecule has 1 atom stereocenters. The van der Waals surface area contributed by atoms with Gasteiger partial charge in [-0.15, -0.1) is 0 Å². The van der Waals surface area contributed by atoms with E-state index in [-0.39, 0.29) is 23.3 Å². The van der Waals surface area contributed by atoms with Crippen LogP contribution in [0, 0.1) is 32.1 Å². The van der Waals surface area contributed by atoms with E-state index in [2.05, 4.69) is 6.07 Å². The Labute approximate surface area is 196 Å². The molecule has 1 aliphatic rings. The maximum absolute atomic E-state index is 12.9. The monoisotopic (exact) mass is 450 g/mol. The second kappa shape index (κ2) is 8.13. The van der Waals surface area contributed by atoms with Gasteiger partial charge >= 0.3 is 5.97 Å². The molecule has 0 radical (unpaired) electrons. The third kappa shape index (κ3) is 3.57. The number of carbonyl (C=O) groups is 1. The summed E-state index contributed by atoms with van der Waals surface area (Å²) in [5, 5.41) is 10.6. The summed E-state index contributed by atoms with van der Waals surface area (Å²) in [7, 11) is 0. The largest absolute Gasteiger partial charge is 0.449 e. The number of rotatable bonds is 3. The fourth-order valence-corrected chi connectivity index (χ4v) is 4.28. The van der Waals surface area contributed by atoms with Crippen LogP contribution in [0.1, 0.15) is 44.3 Å². The zero-order valence-corrected chi connectivity index (χ0v) is 19.0. The molecule has 0 saturated heterocycles. The molecular formula is C28H22N2O4. The van der Waals surface area contributed by atoms with Crippen molar-refractivity contribution in [2.75, 3.05) is 0 Å². The molecule has 2 heterocycles. The first-order valence-corrected chi connectivity index (χ1v) is 10.9. The van der Waals surface area contributed by atoms with Crippen molar-refractivity contribution in [1.82, 2.24) is 0 Å². The molecule has 0 saturated carbocycles. The standard InChI is InChI=1S/C28H22N2O4/c1-15-4-7-18(8-5-15)25-20-10-9-19(13-24(20)34-27(30)22(25)14-29)32-28(31)26-17(3)21-12-16(2)6-11-23(21)33-26/h4-13,25H,30H2,1-3H3. The van der Waals surface area contributed by atoms with Crippen molar-refractivity contribution in [3.63, 3.8) is 0 Å². The topological polar surface area (TPSA) is 98.5 Å². The number of esters is 1. The van der Waals surface area contributed by atoms with Crippen molar-refractivity contribution < 1.29 is 18.7 Å². The lowest BCUT2D eigenvalue weighted by atomic mass is 9.83. The molecule has 0 fully saturated rings. The number of nitriles is 1. The minimum absolute atomic E-state index is 0.0348. The van der Waals surface area contributed by atoms with Crippen molar-refractivity contribution >= 4 is 16.9 Å². The van der Waals surface area contributed by atoms with E-state index in [1.54, 1.807) is 18.2 Å². The number of furan rings is 1. The minimum atomic E-state index is -0.599. The van der Waals surface area contributed by atoms with Crippen molar-refractivity contribution in [3.8, 4) is 17.6 Å². The van der Waals surface area contributed by atoms with Gasteiger partial charge in [-0.3, -0.25) is 0 Å². The second-order valence-electron chi connectivity index (χ2n) is 8.48. The zero-order chi connectivity index (χ0) is 24.0. The van der Waals surface area contributed by atoms with E-state index in [9.17, 15) is 10.1 Å². The highest BCUT2D eigenvalue weighted by atomic mass is 16.5. The number of ether oxygens (including phenoxy) is 2. The lowest BCUT2D eigenvalue weighted by Gasteiger charge is -2.26. The molecule has 168 valence electrons. The number of hydrogen-bond acceptors (Lipinski definition) is 6. The molecule has 34 heavy (non-hydrogen) atoms. The highest BCUT2D eigenvalue weighted by Crippen LogP contribution is 2.43. The van der Waals surface area contributed by atoms with Gasteiger partial charge in [0.1, 0.15) is 28.7 Å². The summed E-state index contributed by atoms with van der Waals surface area (Å²) in [6, 6.07) is 20.9. The molecule has 0 spiro atoms. The van der Waals surface area contributed by atoms with Crippen LogP contribution in [0.3, 0.4) is 0 Å². The molecule has 2 N–H and O–H groups in total. The maximum atomic E-state index is 12.9. The van der Waals surface area contributed by atoms with E-state index in [1.807, 2.05) is 63.2 Å². The maximum Gasteiger partial charge on any atom is 0.379 e. The number of nitrogens with two attached hydrogens (primary N) is 1. The van der Waals surface area contributed by atoms with Gasteiger partial charge in [0.15, 0.2) is 0 Å². The molecule has 6 nitrogen and oxygen atoms in total. The normalized spacial score (nSPS) is 14.9. The number of aryl methyl sites for hydroxylation is 3. The van der Waals surface area contributed by atoms with Crippen LogP contribution in [0.4, 0.5) is 0 Å². The van der Waals surface area contributed by atoms with Crippen molar-refractivity contribution in [2.45, 2.75) is 26.7 Å². The Hall–Kier alpha value is -4.50. The van der Waals surface area contributed by atoms with Gasteiger partial charge < -0.3 is 19.6 Å². The molecule has 1 aromatic heterocycles. The summed E-state index contributed by atoms with van der Waals surface area (Å²) in [5.41, 5.74) is 11.7. The molecule has 1 aliphatic heterocycles. The number of hydrogen-bond donors (Lipinski definition) is 1. The first-order chi connectivity index (χ1) is 16.4. The molecule has 4 aromatic rings. The van der Waals surface area contributed by atoms with E-state index < -0.39 is 5.97 Å². The molecule has 0 aliphatic carbocycles. The van der Waals surface area contributed by atoms with Crippen LogP contribution in [-0.2, 0) is 0 Å². The molecule has 3 aromatic carbocycles. The van der Waals surface area contributed by atoms with Crippen molar-refractivity contribution in [2.24, 2.45) is 5.73 Å². The minimum Gasteiger partial charge on any atom is -0.449 e. The van der Waals surface area contributed by atoms with Gasteiger partial charge in [0.2, 0.25) is 11.6 Å². The van der Waals surface area contributed by atoms with Gasteiger partial charge in [-0.2, -0.15) is 5.26 Å².